The van der Waals surface area contributed by atoms with E-state index in [0.717, 1.165) is 10.7 Å². The van der Waals surface area contributed by atoms with Gasteiger partial charge in [-0.15, -0.1) is 11.3 Å². The number of thiazole rings is 1. The SMILES string of the molecule is COc1ccc([C@@H](C)NC(=O)Cc2csc(C)n2)cc1F. The van der Waals surface area contributed by atoms with Crippen LogP contribution in [0.2, 0.25) is 0 Å². The highest BCUT2D eigenvalue weighted by molar-refractivity contribution is 7.09. The lowest BCUT2D eigenvalue weighted by Crippen LogP contribution is -2.28. The lowest BCUT2D eigenvalue weighted by Gasteiger charge is -2.15. The van der Waals surface area contributed by atoms with Crippen LogP contribution >= 0.6 is 11.3 Å². The first-order valence-corrected chi connectivity index (χ1v) is 7.41. The molecule has 1 heterocycles. The third-order valence-electron chi connectivity index (χ3n) is 3.06. The Kier molecular flexibility index (Phi) is 4.90. The minimum Gasteiger partial charge on any atom is -0.494 e. The molecule has 1 aromatic heterocycles. The quantitative estimate of drug-likeness (QED) is 0.923. The Morgan fingerprint density at radius 3 is 2.86 bits per heavy atom. The number of ether oxygens (including phenoxy) is 1. The number of amides is 1. The first-order chi connectivity index (χ1) is 9.99. The lowest BCUT2D eigenvalue weighted by molar-refractivity contribution is -0.121. The number of nitrogens with one attached hydrogen (secondary N) is 1. The van der Waals surface area contributed by atoms with Gasteiger partial charge < -0.3 is 10.1 Å². The smallest absolute Gasteiger partial charge is 0.226 e. The summed E-state index contributed by atoms with van der Waals surface area (Å²) in [6.45, 7) is 3.71. The van der Waals surface area contributed by atoms with E-state index in [4.69, 9.17) is 4.74 Å². The third-order valence-corrected chi connectivity index (χ3v) is 3.88. The van der Waals surface area contributed by atoms with Gasteiger partial charge in [-0.1, -0.05) is 6.07 Å². The molecule has 0 radical (unpaired) electrons. The van der Waals surface area contributed by atoms with Crippen LogP contribution in [-0.4, -0.2) is 18.0 Å². The fraction of sp³-hybridized carbons (Fsp3) is 0.333. The molecule has 0 unspecified atom stereocenters. The molecule has 0 spiro atoms. The number of hydrogen-bond donors (Lipinski definition) is 1. The lowest BCUT2D eigenvalue weighted by atomic mass is 10.1. The molecule has 21 heavy (non-hydrogen) atoms. The number of nitrogens with zero attached hydrogens (tertiary/aromatic N) is 1. The van der Waals surface area contributed by atoms with E-state index < -0.39 is 5.82 Å². The Morgan fingerprint density at radius 1 is 1.52 bits per heavy atom. The minimum atomic E-state index is -0.439. The maximum atomic E-state index is 13.7. The average molecular weight is 308 g/mol. The zero-order valence-electron chi connectivity index (χ0n) is 12.1. The highest BCUT2D eigenvalue weighted by Crippen LogP contribution is 2.21. The van der Waals surface area contributed by atoms with Gasteiger partial charge in [0, 0.05) is 5.38 Å². The maximum absolute atomic E-state index is 13.7. The minimum absolute atomic E-state index is 0.135. The summed E-state index contributed by atoms with van der Waals surface area (Å²) in [5.41, 5.74) is 1.44. The van der Waals surface area contributed by atoms with Crippen LogP contribution in [0, 0.1) is 12.7 Å². The number of aromatic nitrogens is 1. The monoisotopic (exact) mass is 308 g/mol. The highest BCUT2D eigenvalue weighted by Gasteiger charge is 2.13. The van der Waals surface area contributed by atoms with Crippen LogP contribution in [0.1, 0.15) is 29.2 Å². The van der Waals surface area contributed by atoms with Crippen molar-refractivity contribution in [3.8, 4) is 5.75 Å². The summed E-state index contributed by atoms with van der Waals surface area (Å²) in [7, 11) is 1.42. The fourth-order valence-corrected chi connectivity index (χ4v) is 2.59. The Bertz CT molecular complexity index is 642. The van der Waals surface area contributed by atoms with E-state index in [2.05, 4.69) is 10.3 Å². The van der Waals surface area contributed by atoms with Crippen molar-refractivity contribution < 1.29 is 13.9 Å². The largest absolute Gasteiger partial charge is 0.494 e. The van der Waals surface area contributed by atoms with Gasteiger partial charge in [0.15, 0.2) is 11.6 Å². The van der Waals surface area contributed by atoms with Gasteiger partial charge >= 0.3 is 0 Å². The predicted molar refractivity (Wildman–Crippen MR) is 80.1 cm³/mol. The van der Waals surface area contributed by atoms with Crippen molar-refractivity contribution in [3.05, 3.63) is 45.7 Å². The Hall–Kier alpha value is -1.95. The molecule has 4 nitrogen and oxygen atoms in total. The first kappa shape index (κ1) is 15.4. The van der Waals surface area contributed by atoms with E-state index in [1.54, 1.807) is 12.1 Å². The van der Waals surface area contributed by atoms with Crippen LogP contribution in [0.5, 0.6) is 5.75 Å². The Morgan fingerprint density at radius 2 is 2.29 bits per heavy atom. The molecule has 0 aliphatic heterocycles. The van der Waals surface area contributed by atoms with E-state index >= 15 is 0 Å². The second kappa shape index (κ2) is 6.67. The van der Waals surface area contributed by atoms with Gasteiger partial charge in [-0.05, 0) is 31.5 Å². The molecule has 2 rings (SSSR count). The molecule has 0 saturated heterocycles. The molecule has 1 aromatic carbocycles. The molecule has 2 aromatic rings. The number of aryl methyl sites for hydroxylation is 1. The summed E-state index contributed by atoms with van der Waals surface area (Å²) in [4.78, 5) is 16.2. The van der Waals surface area contributed by atoms with Crippen LogP contribution in [0.3, 0.4) is 0 Å². The summed E-state index contributed by atoms with van der Waals surface area (Å²) >= 11 is 1.51. The van der Waals surface area contributed by atoms with Gasteiger partial charge in [0.25, 0.3) is 0 Å². The standard InChI is InChI=1S/C15H17FN2O2S/c1-9(11-4-5-14(20-3)13(16)6-11)17-15(19)7-12-8-21-10(2)18-12/h4-6,8-9H,7H2,1-3H3,(H,17,19)/t9-/m1/s1. The van der Waals surface area contributed by atoms with Gasteiger partial charge in [0.2, 0.25) is 5.91 Å². The van der Waals surface area contributed by atoms with Gasteiger partial charge in [-0.3, -0.25) is 4.79 Å². The van der Waals surface area contributed by atoms with E-state index in [0.29, 0.717) is 5.56 Å². The van der Waals surface area contributed by atoms with Crippen molar-refractivity contribution in [3.63, 3.8) is 0 Å². The number of hydrogen-bond acceptors (Lipinski definition) is 4. The van der Waals surface area contributed by atoms with Crippen molar-refractivity contribution in [2.75, 3.05) is 7.11 Å². The van der Waals surface area contributed by atoms with Gasteiger partial charge in [0.05, 0.1) is 30.3 Å². The number of benzene rings is 1. The first-order valence-electron chi connectivity index (χ1n) is 6.53. The second-order valence-corrected chi connectivity index (χ2v) is 5.78. The Balaban J connectivity index is 1.98. The molecule has 112 valence electrons. The van der Waals surface area contributed by atoms with Crippen molar-refractivity contribution in [1.82, 2.24) is 10.3 Å². The number of rotatable bonds is 5. The fourth-order valence-electron chi connectivity index (χ4n) is 1.98. The number of carbonyl (C=O) groups excluding carboxylic acids is 1. The molecule has 6 heteroatoms. The second-order valence-electron chi connectivity index (χ2n) is 4.72. The number of methoxy groups -OCH3 is 1. The van der Waals surface area contributed by atoms with E-state index in [9.17, 15) is 9.18 Å². The van der Waals surface area contributed by atoms with Crippen LogP contribution in [0.15, 0.2) is 23.6 Å². The average Bonchev–Trinajstić information content (AvgIpc) is 2.83. The Labute approximate surface area is 127 Å². The van der Waals surface area contributed by atoms with Crippen LogP contribution in [-0.2, 0) is 11.2 Å². The van der Waals surface area contributed by atoms with Crippen molar-refractivity contribution in [2.24, 2.45) is 0 Å². The molecule has 1 N–H and O–H groups in total. The maximum Gasteiger partial charge on any atom is 0.226 e. The van der Waals surface area contributed by atoms with Gasteiger partial charge in [-0.2, -0.15) is 0 Å². The van der Waals surface area contributed by atoms with E-state index in [1.165, 1.54) is 24.5 Å². The van der Waals surface area contributed by atoms with Crippen molar-refractivity contribution in [2.45, 2.75) is 26.3 Å². The summed E-state index contributed by atoms with van der Waals surface area (Å²) in [5.74, 6) is -0.384. The summed E-state index contributed by atoms with van der Waals surface area (Å²) < 4.78 is 18.5. The molecule has 0 aliphatic carbocycles. The van der Waals surface area contributed by atoms with E-state index in [1.807, 2.05) is 19.2 Å². The summed E-state index contributed by atoms with van der Waals surface area (Å²) in [6.07, 6.45) is 0.229. The van der Waals surface area contributed by atoms with Gasteiger partial charge in [-0.25, -0.2) is 9.37 Å². The van der Waals surface area contributed by atoms with Crippen LogP contribution in [0.4, 0.5) is 4.39 Å². The zero-order valence-corrected chi connectivity index (χ0v) is 13.0. The van der Waals surface area contributed by atoms with Crippen LogP contribution in [0.25, 0.3) is 0 Å². The van der Waals surface area contributed by atoms with Crippen molar-refractivity contribution >= 4 is 17.2 Å². The van der Waals surface area contributed by atoms with Crippen LogP contribution < -0.4 is 10.1 Å². The molecular weight excluding hydrogens is 291 g/mol. The normalized spacial score (nSPS) is 12.0. The molecule has 0 fully saturated rings. The number of halogens is 1. The molecular formula is C15H17FN2O2S. The molecule has 0 bridgehead atoms. The third kappa shape index (κ3) is 4.01. The van der Waals surface area contributed by atoms with Crippen molar-refractivity contribution in [1.29, 1.82) is 0 Å². The van der Waals surface area contributed by atoms with E-state index in [-0.39, 0.29) is 24.1 Å². The predicted octanol–water partition coefficient (Wildman–Crippen LogP) is 3.02. The topological polar surface area (TPSA) is 51.2 Å². The summed E-state index contributed by atoms with van der Waals surface area (Å²) in [6, 6.07) is 4.38. The molecule has 1 amide bonds. The summed E-state index contributed by atoms with van der Waals surface area (Å²) in [5, 5.41) is 5.64. The highest BCUT2D eigenvalue weighted by atomic mass is 32.1. The zero-order chi connectivity index (χ0) is 15.4. The molecule has 1 atom stereocenters. The molecule has 0 aliphatic rings. The number of carbonyl (C=O) groups is 1. The van der Waals surface area contributed by atoms with Gasteiger partial charge in [0.1, 0.15) is 0 Å². The molecule has 0 saturated carbocycles.